The molecule has 2 saturated heterocycles. The van der Waals surface area contributed by atoms with Gasteiger partial charge >= 0.3 is 0 Å². The predicted molar refractivity (Wildman–Crippen MR) is 195 cm³/mol. The molecule has 0 unspecified atom stereocenters. The number of benzene rings is 2. The average Bonchev–Trinajstić information content (AvgIpc) is 3.57. The van der Waals surface area contributed by atoms with Crippen LogP contribution in [-0.4, -0.2) is 106 Å². The third-order valence-corrected chi connectivity index (χ3v) is 10.6. The zero-order valence-electron chi connectivity index (χ0n) is 29.2. The smallest absolute Gasteiger partial charge is 0.229 e. The van der Waals surface area contributed by atoms with Crippen LogP contribution in [0.1, 0.15) is 49.7 Å². The van der Waals surface area contributed by atoms with Gasteiger partial charge < -0.3 is 30.3 Å². The number of piperidine rings is 1. The van der Waals surface area contributed by atoms with Gasteiger partial charge in [-0.05, 0) is 64.1 Å². The molecule has 3 fully saturated rings. The van der Waals surface area contributed by atoms with E-state index >= 15 is 0 Å². The minimum Gasteiger partial charge on any atom is -0.494 e. The normalized spacial score (nSPS) is 21.2. The molecule has 260 valence electrons. The summed E-state index contributed by atoms with van der Waals surface area (Å²) in [5.74, 6) is 1.93. The minimum absolute atomic E-state index is 0.168. The van der Waals surface area contributed by atoms with E-state index in [0.29, 0.717) is 30.4 Å². The molecule has 2 aliphatic heterocycles. The van der Waals surface area contributed by atoms with E-state index in [0.717, 1.165) is 67.0 Å². The molecule has 7 rings (SSSR count). The molecule has 3 N–H and O–H groups in total. The van der Waals surface area contributed by atoms with Gasteiger partial charge in [-0.25, -0.2) is 9.67 Å². The number of aliphatic hydroxyl groups is 1. The van der Waals surface area contributed by atoms with E-state index < -0.39 is 0 Å². The summed E-state index contributed by atoms with van der Waals surface area (Å²) in [4.78, 5) is 17.1. The summed E-state index contributed by atoms with van der Waals surface area (Å²) < 4.78 is 7.74. The number of ether oxygens (including phenoxy) is 1. The van der Waals surface area contributed by atoms with Crippen LogP contribution in [0.4, 0.5) is 17.3 Å². The van der Waals surface area contributed by atoms with Crippen LogP contribution in [0.5, 0.6) is 5.75 Å². The number of piperazine rings is 1. The standard InChI is InChI=1S/C38H51N9O2/c1-27-23-33(35(49-3)24-34(27)46-17-14-31(15-18-46)45-21-19-44(2)20-22-45)41-38-39-16-13-36(42-38)47-26-29(25-40-30-9-11-32(48)12-10-30)37(43-47)28-7-5-4-6-8-28/h4-8,13,16,23-24,26,30-32,40,48H,9-12,14-15,17-22,25H2,1-3H3,(H,39,41,42). The number of aryl methyl sites for hydroxylation is 1. The van der Waals surface area contributed by atoms with E-state index in [1.54, 1.807) is 13.3 Å². The molecule has 0 atom stereocenters. The predicted octanol–water partition coefficient (Wildman–Crippen LogP) is 5.00. The first kappa shape index (κ1) is 33.5. The van der Waals surface area contributed by atoms with Crippen molar-refractivity contribution in [2.24, 2.45) is 0 Å². The maximum atomic E-state index is 9.94. The lowest BCUT2D eigenvalue weighted by atomic mass is 9.93. The van der Waals surface area contributed by atoms with E-state index in [1.165, 1.54) is 50.3 Å². The maximum absolute atomic E-state index is 9.94. The van der Waals surface area contributed by atoms with Crippen molar-refractivity contribution in [2.75, 3.05) is 63.6 Å². The van der Waals surface area contributed by atoms with Gasteiger partial charge in [0.15, 0.2) is 5.82 Å². The Morgan fingerprint density at radius 1 is 0.918 bits per heavy atom. The Labute approximate surface area is 290 Å². The molecule has 0 bridgehead atoms. The fourth-order valence-corrected chi connectivity index (χ4v) is 7.63. The van der Waals surface area contributed by atoms with Gasteiger partial charge in [-0.15, -0.1) is 0 Å². The fraction of sp³-hybridized carbons (Fsp3) is 0.500. The number of aromatic nitrogens is 4. The SMILES string of the molecule is COc1cc(N2CCC(N3CCN(C)CC3)CC2)c(C)cc1Nc1nccc(-n2cc(CNC3CCC(O)CC3)c(-c3ccccc3)n2)n1. The lowest BCUT2D eigenvalue weighted by Gasteiger charge is -2.43. The molecule has 4 aromatic rings. The fourth-order valence-electron chi connectivity index (χ4n) is 7.63. The minimum atomic E-state index is -0.168. The molecule has 11 heteroatoms. The molecular weight excluding hydrogens is 614 g/mol. The first-order chi connectivity index (χ1) is 23.9. The molecular formula is C38H51N9O2. The summed E-state index contributed by atoms with van der Waals surface area (Å²) in [5, 5.41) is 22.1. The van der Waals surface area contributed by atoms with Gasteiger partial charge in [0.2, 0.25) is 5.95 Å². The molecule has 3 aliphatic rings. The quantitative estimate of drug-likeness (QED) is 0.214. The lowest BCUT2D eigenvalue weighted by molar-refractivity contribution is 0.0982. The van der Waals surface area contributed by atoms with Crippen LogP contribution in [0.3, 0.4) is 0 Å². The van der Waals surface area contributed by atoms with Crippen molar-refractivity contribution in [3.05, 3.63) is 72.1 Å². The van der Waals surface area contributed by atoms with Crippen LogP contribution in [0.2, 0.25) is 0 Å². The van der Waals surface area contributed by atoms with Crippen LogP contribution in [-0.2, 0) is 6.54 Å². The van der Waals surface area contributed by atoms with Crippen LogP contribution < -0.4 is 20.3 Å². The number of hydrogen-bond donors (Lipinski definition) is 3. The second kappa shape index (κ2) is 15.2. The van der Waals surface area contributed by atoms with Crippen molar-refractivity contribution >= 4 is 17.3 Å². The highest BCUT2D eigenvalue weighted by Gasteiger charge is 2.28. The van der Waals surface area contributed by atoms with E-state index in [-0.39, 0.29) is 6.10 Å². The van der Waals surface area contributed by atoms with Crippen molar-refractivity contribution in [1.82, 2.24) is 34.9 Å². The van der Waals surface area contributed by atoms with Gasteiger partial charge in [0.25, 0.3) is 0 Å². The average molecular weight is 666 g/mol. The van der Waals surface area contributed by atoms with E-state index in [4.69, 9.17) is 14.8 Å². The lowest BCUT2D eigenvalue weighted by Crippen LogP contribution is -2.52. The second-order valence-electron chi connectivity index (χ2n) is 14.0. The van der Waals surface area contributed by atoms with Crippen LogP contribution in [0.15, 0.2) is 60.9 Å². The van der Waals surface area contributed by atoms with Crippen molar-refractivity contribution in [3.63, 3.8) is 0 Å². The van der Waals surface area contributed by atoms with Crippen molar-refractivity contribution in [2.45, 2.75) is 70.2 Å². The summed E-state index contributed by atoms with van der Waals surface area (Å²) in [6.07, 6.45) is 9.69. The molecule has 49 heavy (non-hydrogen) atoms. The highest BCUT2D eigenvalue weighted by molar-refractivity contribution is 5.71. The number of nitrogens with zero attached hydrogens (tertiary/aromatic N) is 7. The van der Waals surface area contributed by atoms with E-state index in [9.17, 15) is 5.11 Å². The molecule has 2 aromatic heterocycles. The van der Waals surface area contributed by atoms with Crippen LogP contribution in [0, 0.1) is 6.92 Å². The van der Waals surface area contributed by atoms with Crippen molar-refractivity contribution in [3.8, 4) is 22.8 Å². The Hall–Kier alpha value is -4.03. The highest BCUT2D eigenvalue weighted by Crippen LogP contribution is 2.36. The van der Waals surface area contributed by atoms with Gasteiger partial charge in [0.05, 0.1) is 24.6 Å². The molecule has 11 nitrogen and oxygen atoms in total. The second-order valence-corrected chi connectivity index (χ2v) is 14.0. The summed E-state index contributed by atoms with van der Waals surface area (Å²) in [6.45, 7) is 9.65. The number of nitrogens with one attached hydrogen (secondary N) is 2. The number of likely N-dealkylation sites (N-methyl/N-ethyl adjacent to an activating group) is 1. The van der Waals surface area contributed by atoms with Crippen LogP contribution >= 0.6 is 0 Å². The Balaban J connectivity index is 1.06. The Bertz CT molecular complexity index is 1670. The molecule has 0 spiro atoms. The molecule has 1 saturated carbocycles. The summed E-state index contributed by atoms with van der Waals surface area (Å²) in [7, 11) is 3.94. The molecule has 1 aliphatic carbocycles. The zero-order chi connectivity index (χ0) is 33.7. The third-order valence-electron chi connectivity index (χ3n) is 10.6. The number of hydrogen-bond acceptors (Lipinski definition) is 10. The summed E-state index contributed by atoms with van der Waals surface area (Å²) >= 11 is 0. The van der Waals surface area contributed by atoms with Crippen molar-refractivity contribution < 1.29 is 9.84 Å². The topological polar surface area (TPSA) is 107 Å². The number of rotatable bonds is 10. The Kier molecular flexibility index (Phi) is 10.4. The maximum Gasteiger partial charge on any atom is 0.229 e. The zero-order valence-corrected chi connectivity index (χ0v) is 29.2. The summed E-state index contributed by atoms with van der Waals surface area (Å²) in [6, 6.07) is 17.5. The monoisotopic (exact) mass is 665 g/mol. The largest absolute Gasteiger partial charge is 0.494 e. The van der Waals surface area contributed by atoms with E-state index in [2.05, 4.69) is 74.8 Å². The number of aliphatic hydroxyl groups excluding tert-OH is 1. The molecule has 2 aromatic carbocycles. The number of anilines is 3. The van der Waals surface area contributed by atoms with Gasteiger partial charge in [0, 0.05) is 99.2 Å². The molecule has 0 amide bonds. The van der Waals surface area contributed by atoms with Gasteiger partial charge in [-0.2, -0.15) is 10.1 Å². The number of methoxy groups -OCH3 is 1. The molecule has 4 heterocycles. The van der Waals surface area contributed by atoms with Gasteiger partial charge in [-0.3, -0.25) is 4.90 Å². The summed E-state index contributed by atoms with van der Waals surface area (Å²) in [5.41, 5.74) is 6.35. The Morgan fingerprint density at radius 3 is 2.41 bits per heavy atom. The highest BCUT2D eigenvalue weighted by atomic mass is 16.5. The molecule has 0 radical (unpaired) electrons. The van der Waals surface area contributed by atoms with Crippen molar-refractivity contribution in [1.29, 1.82) is 0 Å². The Morgan fingerprint density at radius 2 is 1.67 bits per heavy atom. The first-order valence-electron chi connectivity index (χ1n) is 18.0. The first-order valence-corrected chi connectivity index (χ1v) is 18.0. The third kappa shape index (κ3) is 7.91. The van der Waals surface area contributed by atoms with Gasteiger partial charge in [0.1, 0.15) is 5.75 Å². The van der Waals surface area contributed by atoms with Crippen LogP contribution in [0.25, 0.3) is 17.1 Å². The van der Waals surface area contributed by atoms with Gasteiger partial charge in [-0.1, -0.05) is 30.3 Å². The van der Waals surface area contributed by atoms with E-state index in [1.807, 2.05) is 28.9 Å².